The van der Waals surface area contributed by atoms with E-state index >= 15 is 0 Å². The van der Waals surface area contributed by atoms with Crippen LogP contribution in [0.2, 0.25) is 0 Å². The fourth-order valence-corrected chi connectivity index (χ4v) is 8.52. The molecule has 54 heavy (non-hydrogen) atoms. The molecule has 1 saturated carbocycles. The Morgan fingerprint density at radius 1 is 1.07 bits per heavy atom. The number of piperidine rings is 2. The average Bonchev–Trinajstić information content (AvgIpc) is 3.87. The summed E-state index contributed by atoms with van der Waals surface area (Å²) in [5.74, 6) is -1.24. The van der Waals surface area contributed by atoms with Gasteiger partial charge in [0.15, 0.2) is 17.2 Å². The molecule has 15 nitrogen and oxygen atoms in total. The van der Waals surface area contributed by atoms with Crippen molar-refractivity contribution in [2.45, 2.75) is 75.8 Å². The van der Waals surface area contributed by atoms with Crippen molar-refractivity contribution in [1.82, 2.24) is 38.9 Å². The molecule has 3 fully saturated rings. The molecule has 1 atom stereocenters. The van der Waals surface area contributed by atoms with Crippen LogP contribution in [0.25, 0.3) is 16.7 Å². The van der Waals surface area contributed by atoms with Gasteiger partial charge in [-0.05, 0) is 76.1 Å². The fraction of sp³-hybridized carbons (Fsp3) is 0.486. The summed E-state index contributed by atoms with van der Waals surface area (Å²) in [6.45, 7) is 2.53. The highest BCUT2D eigenvalue weighted by atomic mass is 19.3. The summed E-state index contributed by atoms with van der Waals surface area (Å²) in [6, 6.07) is 7.11. The Labute approximate surface area is 308 Å². The molecule has 5 aromatic rings. The molecule has 1 aliphatic carbocycles. The molecule has 1 unspecified atom stereocenters. The number of amides is 3. The fourth-order valence-electron chi connectivity index (χ4n) is 8.52. The number of anilines is 2. The van der Waals surface area contributed by atoms with Crippen molar-refractivity contribution in [2.24, 2.45) is 13.0 Å². The Kier molecular flexibility index (Phi) is 9.49. The maximum absolute atomic E-state index is 14.0. The van der Waals surface area contributed by atoms with Crippen LogP contribution >= 0.6 is 0 Å². The van der Waals surface area contributed by atoms with Crippen molar-refractivity contribution >= 4 is 46.0 Å². The summed E-state index contributed by atoms with van der Waals surface area (Å²) in [5, 5.41) is 8.93. The number of aryl methyl sites for hydroxylation is 1. The predicted octanol–water partition coefficient (Wildman–Crippen LogP) is 4.41. The van der Waals surface area contributed by atoms with E-state index in [9.17, 15) is 28.0 Å². The van der Waals surface area contributed by atoms with E-state index in [1.54, 1.807) is 23.9 Å². The second kappa shape index (κ2) is 14.4. The highest BCUT2D eigenvalue weighted by Crippen LogP contribution is 2.40. The Balaban J connectivity index is 0.868. The number of para-hydroxylation sites is 1. The first-order valence-corrected chi connectivity index (χ1v) is 18.4. The lowest BCUT2D eigenvalue weighted by Crippen LogP contribution is -2.45. The van der Waals surface area contributed by atoms with E-state index in [4.69, 9.17) is 4.42 Å². The van der Waals surface area contributed by atoms with E-state index in [0.29, 0.717) is 23.1 Å². The topological polar surface area (TPSA) is 165 Å². The van der Waals surface area contributed by atoms with Crippen molar-refractivity contribution in [3.05, 3.63) is 70.5 Å². The van der Waals surface area contributed by atoms with Gasteiger partial charge in [0.05, 0.1) is 22.9 Å². The number of benzene rings is 1. The van der Waals surface area contributed by atoms with E-state index in [-0.39, 0.29) is 47.7 Å². The molecule has 2 aliphatic heterocycles. The average molecular weight is 745 g/mol. The molecule has 3 amide bonds. The third-order valence-corrected chi connectivity index (χ3v) is 11.4. The lowest BCUT2D eigenvalue weighted by molar-refractivity contribution is -0.135. The van der Waals surface area contributed by atoms with E-state index in [1.807, 2.05) is 18.2 Å². The zero-order valence-electron chi connectivity index (χ0n) is 30.1. The minimum absolute atomic E-state index is 0.125. The standard InChI is InChI=1S/C37H42F2N10O5/c1-45(23-13-17-47(18-14-23)25-5-3-6-26-30(25)46(2)37(53)49(26)27-11-12-28(50)42-34(27)52)20-21-7-9-22(10-8-21)35-43-29(31(38)39)36(54-35)44-33(51)24-19-41-48-16-4-15-40-32(24)48/h3-6,15-16,19,21-23,27,31H,7-14,17-18,20H2,1-2H3,(H,44,51)(H,42,50,52)/t21-,22-,27?. The van der Waals surface area contributed by atoms with Crippen LogP contribution in [-0.2, 0) is 16.6 Å². The lowest BCUT2D eigenvalue weighted by Gasteiger charge is -2.40. The second-order valence-corrected chi connectivity index (χ2v) is 14.7. The van der Waals surface area contributed by atoms with Crippen LogP contribution in [0.4, 0.5) is 20.4 Å². The molecule has 6 heterocycles. The number of rotatable bonds is 9. The van der Waals surface area contributed by atoms with Crippen LogP contribution in [-0.4, -0.2) is 84.1 Å². The quantitative estimate of drug-likeness (QED) is 0.207. The number of halogens is 2. The maximum Gasteiger partial charge on any atom is 0.329 e. The van der Waals surface area contributed by atoms with Crippen LogP contribution in [0.3, 0.4) is 0 Å². The summed E-state index contributed by atoms with van der Waals surface area (Å²) in [6.07, 6.45) is 7.21. The van der Waals surface area contributed by atoms with Gasteiger partial charge in [-0.2, -0.15) is 5.10 Å². The van der Waals surface area contributed by atoms with Gasteiger partial charge in [-0.3, -0.25) is 34.2 Å². The number of nitrogens with one attached hydrogen (secondary N) is 2. The summed E-state index contributed by atoms with van der Waals surface area (Å²) >= 11 is 0. The molecule has 8 rings (SSSR count). The number of imidazole rings is 1. The first-order chi connectivity index (χ1) is 26.1. The van der Waals surface area contributed by atoms with Crippen molar-refractivity contribution in [1.29, 1.82) is 0 Å². The lowest BCUT2D eigenvalue weighted by atomic mass is 9.81. The summed E-state index contributed by atoms with van der Waals surface area (Å²) < 4.78 is 38.4. The van der Waals surface area contributed by atoms with Gasteiger partial charge in [-0.15, -0.1) is 0 Å². The molecule has 4 aromatic heterocycles. The van der Waals surface area contributed by atoms with Crippen molar-refractivity contribution in [2.75, 3.05) is 36.9 Å². The van der Waals surface area contributed by atoms with Gasteiger partial charge in [0, 0.05) is 57.5 Å². The van der Waals surface area contributed by atoms with E-state index in [0.717, 1.165) is 69.4 Å². The van der Waals surface area contributed by atoms with Crippen LogP contribution in [0.15, 0.2) is 52.1 Å². The predicted molar refractivity (Wildman–Crippen MR) is 194 cm³/mol. The number of oxazole rings is 1. The number of carbonyl (C=O) groups is 3. The normalized spacial score (nSPS) is 21.4. The van der Waals surface area contributed by atoms with E-state index in [2.05, 4.69) is 42.5 Å². The smallest absolute Gasteiger partial charge is 0.329 e. The van der Waals surface area contributed by atoms with Gasteiger partial charge in [-0.1, -0.05) is 6.07 Å². The largest absolute Gasteiger partial charge is 0.424 e. The van der Waals surface area contributed by atoms with Crippen LogP contribution in [0.5, 0.6) is 0 Å². The maximum atomic E-state index is 14.0. The Hall–Kier alpha value is -5.45. The van der Waals surface area contributed by atoms with Crippen LogP contribution < -0.4 is 21.2 Å². The number of imide groups is 1. The van der Waals surface area contributed by atoms with Gasteiger partial charge >= 0.3 is 5.69 Å². The van der Waals surface area contributed by atoms with Gasteiger partial charge in [0.1, 0.15) is 11.6 Å². The molecule has 2 saturated heterocycles. The molecule has 2 N–H and O–H groups in total. The molecular weight excluding hydrogens is 702 g/mol. The van der Waals surface area contributed by atoms with Gasteiger partial charge < -0.3 is 14.2 Å². The third-order valence-electron chi connectivity index (χ3n) is 11.4. The SMILES string of the molecule is CN(C[C@H]1CC[C@H](c2nc(C(F)F)c(NC(=O)c3cnn4cccnc34)o2)CC1)C1CCN(c2cccc3c2n(C)c(=O)n3C2CCC(=O)NC2=O)CC1. The summed E-state index contributed by atoms with van der Waals surface area (Å²) in [7, 11) is 3.89. The molecular formula is C37H42F2N10O5. The van der Waals surface area contributed by atoms with Crippen molar-refractivity contribution in [3.63, 3.8) is 0 Å². The van der Waals surface area contributed by atoms with Gasteiger partial charge in [0.2, 0.25) is 17.7 Å². The molecule has 3 aliphatic rings. The highest BCUT2D eigenvalue weighted by molar-refractivity contribution is 6.07. The van der Waals surface area contributed by atoms with Gasteiger partial charge in [0.25, 0.3) is 12.3 Å². The number of aromatic nitrogens is 6. The summed E-state index contributed by atoms with van der Waals surface area (Å²) in [4.78, 5) is 63.9. The minimum Gasteiger partial charge on any atom is -0.424 e. The van der Waals surface area contributed by atoms with Crippen molar-refractivity contribution in [3.8, 4) is 0 Å². The molecule has 17 heteroatoms. The number of hydrogen-bond donors (Lipinski definition) is 2. The van der Waals surface area contributed by atoms with E-state index < -0.39 is 30.0 Å². The zero-order chi connectivity index (χ0) is 37.7. The molecule has 1 aromatic carbocycles. The van der Waals surface area contributed by atoms with E-state index in [1.165, 1.54) is 21.5 Å². The number of nitrogens with zero attached hydrogens (tertiary/aromatic N) is 8. The van der Waals surface area contributed by atoms with Crippen molar-refractivity contribution < 1.29 is 27.6 Å². The molecule has 284 valence electrons. The third kappa shape index (κ3) is 6.54. The molecule has 0 radical (unpaired) electrons. The Morgan fingerprint density at radius 2 is 1.85 bits per heavy atom. The zero-order valence-corrected chi connectivity index (χ0v) is 30.1. The first-order valence-electron chi connectivity index (χ1n) is 18.4. The van der Waals surface area contributed by atoms with Crippen LogP contribution in [0, 0.1) is 5.92 Å². The highest BCUT2D eigenvalue weighted by Gasteiger charge is 2.34. The Morgan fingerprint density at radius 3 is 2.59 bits per heavy atom. The monoisotopic (exact) mass is 744 g/mol. The summed E-state index contributed by atoms with van der Waals surface area (Å²) in [5.41, 5.74) is 1.98. The number of fused-ring (bicyclic) bond motifs is 2. The number of hydrogen-bond acceptors (Lipinski definition) is 10. The minimum atomic E-state index is -2.92. The molecule has 0 spiro atoms. The Bertz CT molecular complexity index is 2280. The first kappa shape index (κ1) is 35.6. The number of carbonyl (C=O) groups excluding carboxylic acids is 3. The molecule has 0 bridgehead atoms. The second-order valence-electron chi connectivity index (χ2n) is 14.7. The van der Waals surface area contributed by atoms with Gasteiger partial charge in [-0.25, -0.2) is 28.1 Å². The number of alkyl halides is 2. The van der Waals surface area contributed by atoms with Crippen LogP contribution in [0.1, 0.15) is 91.7 Å².